The van der Waals surface area contributed by atoms with E-state index in [9.17, 15) is 19.5 Å². The third kappa shape index (κ3) is 1.95. The molecule has 0 aromatic rings. The number of carbonyl (C=O) groups excluding carboxylic acids is 3. The molecule has 4 aliphatic carbocycles. The maximum Gasteiger partial charge on any atom is 0.178 e. The zero-order valence-corrected chi connectivity index (χ0v) is 15.2. The predicted octanol–water partition coefficient (Wildman–Crippen LogP) is 2.79. The first-order valence-electron chi connectivity index (χ1n) is 9.34. The topological polar surface area (TPSA) is 71.4 Å². The third-order valence-corrected chi connectivity index (χ3v) is 7.99. The zero-order chi connectivity index (χ0) is 18.2. The van der Waals surface area contributed by atoms with Crippen LogP contribution in [0.3, 0.4) is 0 Å². The molecule has 0 aromatic carbocycles. The van der Waals surface area contributed by atoms with Crippen LogP contribution >= 0.6 is 0 Å². The summed E-state index contributed by atoms with van der Waals surface area (Å²) in [6, 6.07) is 0. The van der Waals surface area contributed by atoms with Crippen LogP contribution in [0.5, 0.6) is 0 Å². The van der Waals surface area contributed by atoms with Crippen LogP contribution in [0.25, 0.3) is 0 Å². The SMILES string of the molecule is CC(=O)[C@@]1(O)CCC2[C@@H]3CCC4=CC(=O)C=C[C@]4(C)[C@H]3C(=O)C[C@@]21C. The molecule has 25 heavy (non-hydrogen) atoms. The normalized spacial score (nSPS) is 48.5. The Labute approximate surface area is 148 Å². The van der Waals surface area contributed by atoms with Gasteiger partial charge in [-0.15, -0.1) is 0 Å². The van der Waals surface area contributed by atoms with Crippen molar-refractivity contribution in [3.8, 4) is 0 Å². The molecule has 0 spiro atoms. The predicted molar refractivity (Wildman–Crippen MR) is 92.6 cm³/mol. The second-order valence-electron chi connectivity index (χ2n) is 8.99. The van der Waals surface area contributed by atoms with Crippen LogP contribution in [-0.2, 0) is 14.4 Å². The maximum atomic E-state index is 13.3. The van der Waals surface area contributed by atoms with Crippen molar-refractivity contribution in [1.29, 1.82) is 0 Å². The first-order chi connectivity index (χ1) is 11.6. The summed E-state index contributed by atoms with van der Waals surface area (Å²) >= 11 is 0. The molecule has 4 nitrogen and oxygen atoms in total. The van der Waals surface area contributed by atoms with Gasteiger partial charge in [-0.1, -0.05) is 25.5 Å². The molecule has 0 radical (unpaired) electrons. The molecule has 1 unspecified atom stereocenters. The van der Waals surface area contributed by atoms with E-state index in [4.69, 9.17) is 0 Å². The Kier molecular flexibility index (Phi) is 3.38. The molecule has 3 fully saturated rings. The Hall–Kier alpha value is -1.55. The highest BCUT2D eigenvalue weighted by molar-refractivity contribution is 6.02. The lowest BCUT2D eigenvalue weighted by molar-refractivity contribution is -0.165. The standard InChI is InChI=1S/C21H26O4/c1-12(22)21(25)9-7-16-15-5-4-13-10-14(23)6-8-19(13,2)18(15)17(24)11-20(16,21)3/h6,8,10,15-16,18,25H,4-5,7,9,11H2,1-3H3/t15-,16?,18+,19-,20-,21-/m0/s1. The number of fused-ring (bicyclic) bond motifs is 5. The molecule has 0 heterocycles. The van der Waals surface area contributed by atoms with Crippen LogP contribution < -0.4 is 0 Å². The molecule has 0 aromatic heterocycles. The average molecular weight is 342 g/mol. The summed E-state index contributed by atoms with van der Waals surface area (Å²) in [4.78, 5) is 37.2. The van der Waals surface area contributed by atoms with Gasteiger partial charge in [-0.05, 0) is 56.6 Å². The highest BCUT2D eigenvalue weighted by Crippen LogP contribution is 2.65. The number of hydrogen-bond acceptors (Lipinski definition) is 4. The van der Waals surface area contributed by atoms with E-state index in [-0.39, 0.29) is 41.5 Å². The monoisotopic (exact) mass is 342 g/mol. The van der Waals surface area contributed by atoms with Crippen molar-refractivity contribution >= 4 is 17.3 Å². The van der Waals surface area contributed by atoms with E-state index in [1.165, 1.54) is 6.92 Å². The van der Waals surface area contributed by atoms with Crippen LogP contribution in [-0.4, -0.2) is 28.1 Å². The van der Waals surface area contributed by atoms with Gasteiger partial charge in [0.1, 0.15) is 11.4 Å². The molecule has 0 saturated heterocycles. The highest BCUT2D eigenvalue weighted by atomic mass is 16.3. The number of ketones is 3. The number of aliphatic hydroxyl groups is 1. The summed E-state index contributed by atoms with van der Waals surface area (Å²) in [6.07, 6.45) is 8.38. The second-order valence-corrected chi connectivity index (χ2v) is 8.99. The Morgan fingerprint density at radius 1 is 1.24 bits per heavy atom. The largest absolute Gasteiger partial charge is 0.381 e. The van der Waals surface area contributed by atoms with Gasteiger partial charge in [0.2, 0.25) is 0 Å². The van der Waals surface area contributed by atoms with E-state index in [2.05, 4.69) is 6.92 Å². The van der Waals surface area contributed by atoms with Crippen molar-refractivity contribution < 1.29 is 19.5 Å². The first-order valence-corrected chi connectivity index (χ1v) is 9.34. The van der Waals surface area contributed by atoms with Crippen LogP contribution in [0.15, 0.2) is 23.8 Å². The fourth-order valence-electron chi connectivity index (χ4n) is 6.61. The average Bonchev–Trinajstić information content (AvgIpc) is 2.80. The quantitative estimate of drug-likeness (QED) is 0.795. The lowest BCUT2D eigenvalue weighted by Crippen LogP contribution is -2.59. The molecule has 134 valence electrons. The molecular weight excluding hydrogens is 316 g/mol. The van der Waals surface area contributed by atoms with Crippen LogP contribution in [0.2, 0.25) is 0 Å². The highest BCUT2D eigenvalue weighted by Gasteiger charge is 2.67. The lowest BCUT2D eigenvalue weighted by atomic mass is 9.46. The molecule has 6 atom stereocenters. The van der Waals surface area contributed by atoms with Gasteiger partial charge in [-0.2, -0.15) is 0 Å². The van der Waals surface area contributed by atoms with E-state index in [0.717, 1.165) is 24.8 Å². The molecular formula is C21H26O4. The van der Waals surface area contributed by atoms with Crippen molar-refractivity contribution in [2.24, 2.45) is 28.6 Å². The maximum absolute atomic E-state index is 13.3. The third-order valence-electron chi connectivity index (χ3n) is 7.99. The molecule has 4 rings (SSSR count). The van der Waals surface area contributed by atoms with Gasteiger partial charge in [-0.3, -0.25) is 14.4 Å². The second kappa shape index (κ2) is 5.00. The molecule has 1 N–H and O–H groups in total. The number of allylic oxidation sites excluding steroid dienone is 4. The first kappa shape index (κ1) is 16.9. The number of rotatable bonds is 1. The Balaban J connectivity index is 1.78. The molecule has 0 amide bonds. The van der Waals surface area contributed by atoms with E-state index in [1.54, 1.807) is 12.2 Å². The van der Waals surface area contributed by atoms with Gasteiger partial charge in [0.15, 0.2) is 11.6 Å². The molecule has 3 saturated carbocycles. The summed E-state index contributed by atoms with van der Waals surface area (Å²) in [5.74, 6) is 0.121. The van der Waals surface area contributed by atoms with Crippen molar-refractivity contribution in [2.75, 3.05) is 0 Å². The van der Waals surface area contributed by atoms with Gasteiger partial charge < -0.3 is 5.11 Å². The lowest BCUT2D eigenvalue weighted by Gasteiger charge is -2.56. The smallest absolute Gasteiger partial charge is 0.178 e. The van der Waals surface area contributed by atoms with E-state index in [0.29, 0.717) is 6.42 Å². The van der Waals surface area contributed by atoms with Gasteiger partial charge >= 0.3 is 0 Å². The summed E-state index contributed by atoms with van der Waals surface area (Å²) < 4.78 is 0. The fourth-order valence-corrected chi connectivity index (χ4v) is 6.61. The van der Waals surface area contributed by atoms with Crippen LogP contribution in [0, 0.1) is 28.6 Å². The Bertz CT molecular complexity index is 747. The zero-order valence-electron chi connectivity index (χ0n) is 15.2. The number of hydrogen-bond donors (Lipinski definition) is 1. The van der Waals surface area contributed by atoms with Crippen molar-refractivity contribution in [2.45, 2.75) is 58.5 Å². The summed E-state index contributed by atoms with van der Waals surface area (Å²) in [5.41, 5.74) is -1.37. The van der Waals surface area contributed by atoms with E-state index < -0.39 is 16.4 Å². The van der Waals surface area contributed by atoms with Crippen molar-refractivity contribution in [3.05, 3.63) is 23.8 Å². The van der Waals surface area contributed by atoms with Gasteiger partial charge in [0, 0.05) is 23.2 Å². The van der Waals surface area contributed by atoms with Crippen LogP contribution in [0.4, 0.5) is 0 Å². The minimum absolute atomic E-state index is 0.00541. The molecule has 4 aliphatic rings. The summed E-state index contributed by atoms with van der Waals surface area (Å²) in [5, 5.41) is 11.1. The molecule has 0 bridgehead atoms. The van der Waals surface area contributed by atoms with Gasteiger partial charge in [0.05, 0.1) is 0 Å². The van der Waals surface area contributed by atoms with Gasteiger partial charge in [0.25, 0.3) is 0 Å². The van der Waals surface area contributed by atoms with Crippen LogP contribution in [0.1, 0.15) is 52.9 Å². The molecule has 4 heteroatoms. The van der Waals surface area contributed by atoms with Gasteiger partial charge in [-0.25, -0.2) is 0 Å². The molecule has 0 aliphatic heterocycles. The summed E-state index contributed by atoms with van der Waals surface area (Å²) in [7, 11) is 0. The van der Waals surface area contributed by atoms with Crippen molar-refractivity contribution in [3.63, 3.8) is 0 Å². The van der Waals surface area contributed by atoms with E-state index >= 15 is 0 Å². The fraction of sp³-hybridized carbons (Fsp3) is 0.667. The van der Waals surface area contributed by atoms with E-state index in [1.807, 2.05) is 13.0 Å². The van der Waals surface area contributed by atoms with Crippen molar-refractivity contribution in [1.82, 2.24) is 0 Å². The summed E-state index contributed by atoms with van der Waals surface area (Å²) in [6.45, 7) is 5.46. The Morgan fingerprint density at radius 2 is 1.96 bits per heavy atom. The number of carbonyl (C=O) groups is 3. The Morgan fingerprint density at radius 3 is 2.64 bits per heavy atom. The number of Topliss-reactive ketones (excluding diaryl/α,β-unsaturated/α-hetero) is 2. The minimum atomic E-state index is -1.38. The minimum Gasteiger partial charge on any atom is -0.381 e.